The summed E-state index contributed by atoms with van der Waals surface area (Å²) in [6.45, 7) is 0.459. The molecule has 3 rings (SSSR count). The van der Waals surface area contributed by atoms with Crippen LogP contribution in [0.25, 0.3) is 0 Å². The van der Waals surface area contributed by atoms with Crippen molar-refractivity contribution < 1.29 is 14.6 Å². The van der Waals surface area contributed by atoms with Crippen molar-refractivity contribution in [2.45, 2.75) is 44.4 Å². The first-order valence-electron chi connectivity index (χ1n) is 8.97. The summed E-state index contributed by atoms with van der Waals surface area (Å²) in [6, 6.07) is 15.2. The maximum absolute atomic E-state index is 10.6. The molecule has 0 heterocycles. The summed E-state index contributed by atoms with van der Waals surface area (Å²) < 4.78 is 11.3. The molecule has 2 aromatic rings. The van der Waals surface area contributed by atoms with Gasteiger partial charge in [0.05, 0.1) is 19.3 Å². The quantitative estimate of drug-likeness (QED) is 0.757. The Morgan fingerprint density at radius 1 is 1.08 bits per heavy atom. The molecule has 0 spiro atoms. The molecule has 0 aliphatic heterocycles. The summed E-state index contributed by atoms with van der Waals surface area (Å²) >= 11 is 0. The third-order valence-corrected chi connectivity index (χ3v) is 5.06. The van der Waals surface area contributed by atoms with Gasteiger partial charge in [-0.05, 0) is 42.0 Å². The number of nitrogens with two attached hydrogens (primary N) is 1. The predicted octanol–water partition coefficient (Wildman–Crippen LogP) is 4.25. The molecule has 0 saturated heterocycles. The Labute approximate surface area is 161 Å². The molecule has 2 aromatic carbocycles. The minimum Gasteiger partial charge on any atom is -0.493 e. The molecule has 0 amide bonds. The zero-order valence-corrected chi connectivity index (χ0v) is 16.0. The van der Waals surface area contributed by atoms with Crippen molar-refractivity contribution in [3.8, 4) is 11.5 Å². The smallest absolute Gasteiger partial charge is 0.161 e. The number of benzene rings is 2. The van der Waals surface area contributed by atoms with Crippen molar-refractivity contribution in [3.05, 3.63) is 59.7 Å². The average molecular weight is 378 g/mol. The van der Waals surface area contributed by atoms with Crippen molar-refractivity contribution in [1.82, 2.24) is 0 Å². The largest absolute Gasteiger partial charge is 0.493 e. The van der Waals surface area contributed by atoms with Crippen molar-refractivity contribution in [3.63, 3.8) is 0 Å². The number of rotatable bonds is 7. The van der Waals surface area contributed by atoms with Crippen LogP contribution in [0.3, 0.4) is 0 Å². The first kappa shape index (κ1) is 20.6. The number of methoxy groups -OCH3 is 1. The molecule has 3 N–H and O–H groups in total. The van der Waals surface area contributed by atoms with Crippen LogP contribution in [-0.4, -0.2) is 18.3 Å². The summed E-state index contributed by atoms with van der Waals surface area (Å²) in [6.07, 6.45) is 3.97. The molecular weight excluding hydrogens is 350 g/mol. The summed E-state index contributed by atoms with van der Waals surface area (Å²) in [7, 11) is 1.62. The van der Waals surface area contributed by atoms with Crippen LogP contribution in [0.5, 0.6) is 11.5 Å². The Balaban J connectivity index is 0.00000243. The van der Waals surface area contributed by atoms with E-state index in [1.54, 1.807) is 7.11 Å². The van der Waals surface area contributed by atoms with Crippen LogP contribution in [-0.2, 0) is 6.61 Å². The van der Waals surface area contributed by atoms with E-state index < -0.39 is 12.1 Å². The minimum absolute atomic E-state index is 0. The Morgan fingerprint density at radius 2 is 1.77 bits per heavy atom. The van der Waals surface area contributed by atoms with Crippen LogP contribution in [0.15, 0.2) is 48.5 Å². The third-order valence-electron chi connectivity index (χ3n) is 5.06. The van der Waals surface area contributed by atoms with Crippen LogP contribution in [0.1, 0.15) is 42.9 Å². The van der Waals surface area contributed by atoms with E-state index in [1.165, 1.54) is 12.8 Å². The molecule has 0 radical (unpaired) electrons. The highest BCUT2D eigenvalue weighted by atomic mass is 35.5. The van der Waals surface area contributed by atoms with Gasteiger partial charge in [0, 0.05) is 0 Å². The Morgan fingerprint density at radius 3 is 2.42 bits per heavy atom. The standard InChI is InChI=1S/C21H27NO3.ClH/c1-24-18-12-11-17(20(22)21(23)16-9-5-6-10-16)13-19(18)25-14-15-7-3-2-4-8-15;/h2-4,7-8,11-13,16,20-21,23H,5-6,9-10,14,22H2,1H3;1H/t20-,21+;/m1./s1. The van der Waals surface area contributed by atoms with E-state index in [0.29, 0.717) is 24.0 Å². The van der Waals surface area contributed by atoms with Gasteiger partial charge >= 0.3 is 0 Å². The maximum atomic E-state index is 10.6. The average Bonchev–Trinajstić information content (AvgIpc) is 3.20. The highest BCUT2D eigenvalue weighted by molar-refractivity contribution is 5.85. The van der Waals surface area contributed by atoms with Gasteiger partial charge in [-0.15, -0.1) is 12.4 Å². The lowest BCUT2D eigenvalue weighted by Crippen LogP contribution is -2.31. The number of hydrogen-bond acceptors (Lipinski definition) is 4. The van der Waals surface area contributed by atoms with Crippen LogP contribution in [0.4, 0.5) is 0 Å². The number of aliphatic hydroxyl groups is 1. The molecule has 1 fully saturated rings. The Hall–Kier alpha value is -1.75. The van der Waals surface area contributed by atoms with E-state index in [9.17, 15) is 5.11 Å². The predicted molar refractivity (Wildman–Crippen MR) is 106 cm³/mol. The first-order chi connectivity index (χ1) is 12.2. The van der Waals surface area contributed by atoms with E-state index >= 15 is 0 Å². The van der Waals surface area contributed by atoms with Crippen LogP contribution in [0.2, 0.25) is 0 Å². The van der Waals surface area contributed by atoms with E-state index in [0.717, 1.165) is 24.0 Å². The summed E-state index contributed by atoms with van der Waals surface area (Å²) in [5.74, 6) is 1.62. The van der Waals surface area contributed by atoms with E-state index in [1.807, 2.05) is 48.5 Å². The monoisotopic (exact) mass is 377 g/mol. The molecule has 0 unspecified atom stereocenters. The molecule has 26 heavy (non-hydrogen) atoms. The fourth-order valence-electron chi connectivity index (χ4n) is 3.54. The molecule has 0 bridgehead atoms. The normalized spacial score (nSPS) is 16.6. The van der Waals surface area contributed by atoms with Crippen LogP contribution in [0, 0.1) is 5.92 Å². The lowest BCUT2D eigenvalue weighted by atomic mass is 9.91. The first-order valence-corrected chi connectivity index (χ1v) is 8.97. The lowest BCUT2D eigenvalue weighted by molar-refractivity contribution is 0.0843. The molecule has 1 saturated carbocycles. The van der Waals surface area contributed by atoms with Gasteiger partial charge in [0.25, 0.3) is 0 Å². The lowest BCUT2D eigenvalue weighted by Gasteiger charge is -2.25. The van der Waals surface area contributed by atoms with Crippen molar-refractivity contribution in [2.24, 2.45) is 11.7 Å². The molecule has 142 valence electrons. The highest BCUT2D eigenvalue weighted by Gasteiger charge is 2.29. The van der Waals surface area contributed by atoms with Gasteiger partial charge in [0.1, 0.15) is 6.61 Å². The SMILES string of the molecule is COc1ccc([C@@H](N)[C@@H](O)C2CCCC2)cc1OCc1ccccc1.Cl. The zero-order chi connectivity index (χ0) is 17.6. The highest BCUT2D eigenvalue weighted by Crippen LogP contribution is 2.35. The van der Waals surface area contributed by atoms with Gasteiger partial charge in [-0.1, -0.05) is 49.2 Å². The molecule has 0 aromatic heterocycles. The fourth-order valence-corrected chi connectivity index (χ4v) is 3.54. The van der Waals surface area contributed by atoms with E-state index in [2.05, 4.69) is 0 Å². The molecular formula is C21H28ClNO3. The molecule has 4 nitrogen and oxygen atoms in total. The topological polar surface area (TPSA) is 64.7 Å². The van der Waals surface area contributed by atoms with Gasteiger partial charge in [0.2, 0.25) is 0 Å². The summed E-state index contributed by atoms with van der Waals surface area (Å²) in [4.78, 5) is 0. The Bertz CT molecular complexity index is 674. The van der Waals surface area contributed by atoms with E-state index in [4.69, 9.17) is 15.2 Å². The van der Waals surface area contributed by atoms with Crippen molar-refractivity contribution in [2.75, 3.05) is 7.11 Å². The second-order valence-corrected chi connectivity index (χ2v) is 6.75. The van der Waals surface area contributed by atoms with Crippen LogP contribution >= 0.6 is 12.4 Å². The number of aliphatic hydroxyl groups excluding tert-OH is 1. The van der Waals surface area contributed by atoms with Crippen molar-refractivity contribution in [1.29, 1.82) is 0 Å². The third kappa shape index (κ3) is 4.91. The molecule has 5 heteroatoms. The minimum atomic E-state index is -0.516. The van der Waals surface area contributed by atoms with Gasteiger partial charge in [-0.3, -0.25) is 0 Å². The molecule has 1 aliphatic rings. The fraction of sp³-hybridized carbons (Fsp3) is 0.429. The van der Waals surface area contributed by atoms with Gasteiger partial charge < -0.3 is 20.3 Å². The van der Waals surface area contributed by atoms with Gasteiger partial charge in [0.15, 0.2) is 11.5 Å². The van der Waals surface area contributed by atoms with Crippen LogP contribution < -0.4 is 15.2 Å². The van der Waals surface area contributed by atoms with E-state index in [-0.39, 0.29) is 12.4 Å². The number of halogens is 1. The Kier molecular flexibility index (Phi) is 7.76. The number of ether oxygens (including phenoxy) is 2. The zero-order valence-electron chi connectivity index (χ0n) is 15.1. The number of hydrogen-bond donors (Lipinski definition) is 2. The second kappa shape index (κ2) is 9.81. The summed E-state index contributed by atoms with van der Waals surface area (Å²) in [5.41, 5.74) is 8.31. The van der Waals surface area contributed by atoms with Crippen molar-refractivity contribution >= 4 is 12.4 Å². The molecule has 1 aliphatic carbocycles. The second-order valence-electron chi connectivity index (χ2n) is 6.75. The summed E-state index contributed by atoms with van der Waals surface area (Å²) in [5, 5.41) is 10.6. The maximum Gasteiger partial charge on any atom is 0.161 e. The molecule has 2 atom stereocenters. The van der Waals surface area contributed by atoms with Gasteiger partial charge in [-0.25, -0.2) is 0 Å². The van der Waals surface area contributed by atoms with Gasteiger partial charge in [-0.2, -0.15) is 0 Å².